The molecule has 0 unspecified atom stereocenters. The van der Waals surface area contributed by atoms with Crippen LogP contribution >= 0.6 is 0 Å². The average Bonchev–Trinajstić information content (AvgIpc) is 3.20. The number of nitro groups is 1. The molecule has 1 fully saturated rings. The fourth-order valence-electron chi connectivity index (χ4n) is 3.64. The predicted molar refractivity (Wildman–Crippen MR) is 122 cm³/mol. The molecule has 3 aromatic rings. The third-order valence-corrected chi connectivity index (χ3v) is 5.27. The molecular weight excluding hydrogens is 406 g/mol. The summed E-state index contributed by atoms with van der Waals surface area (Å²) in [5, 5.41) is 11.4. The van der Waals surface area contributed by atoms with Gasteiger partial charge in [0.1, 0.15) is 18.0 Å². The molecule has 2 atom stereocenters. The molecule has 0 bridgehead atoms. The van der Waals surface area contributed by atoms with Crippen LogP contribution in [0, 0.1) is 10.1 Å². The maximum atomic E-state index is 11.4. The molecule has 32 heavy (non-hydrogen) atoms. The summed E-state index contributed by atoms with van der Waals surface area (Å²) in [6, 6.07) is 26.5. The molecule has 1 saturated heterocycles. The number of nitro benzene ring substituents is 1. The van der Waals surface area contributed by atoms with E-state index in [1.165, 1.54) is 6.07 Å². The molecule has 0 saturated carbocycles. The molecule has 4 rings (SSSR count). The van der Waals surface area contributed by atoms with Crippen molar-refractivity contribution in [2.75, 3.05) is 6.61 Å². The minimum absolute atomic E-state index is 0.0501. The Bertz CT molecular complexity index is 1050. The van der Waals surface area contributed by atoms with E-state index in [0.29, 0.717) is 37.6 Å². The first-order valence-corrected chi connectivity index (χ1v) is 10.6. The van der Waals surface area contributed by atoms with E-state index < -0.39 is 0 Å². The summed E-state index contributed by atoms with van der Waals surface area (Å²) in [4.78, 5) is 11.0. The van der Waals surface area contributed by atoms with Crippen molar-refractivity contribution in [3.63, 3.8) is 0 Å². The average molecular weight is 431 g/mol. The second kappa shape index (κ2) is 10.7. The van der Waals surface area contributed by atoms with E-state index in [2.05, 4.69) is 0 Å². The number of hydrogen-bond acceptors (Lipinski definition) is 5. The summed E-state index contributed by atoms with van der Waals surface area (Å²) in [6.07, 6.45) is 1.75. The van der Waals surface area contributed by atoms with Crippen molar-refractivity contribution in [2.24, 2.45) is 0 Å². The van der Waals surface area contributed by atoms with Crippen LogP contribution in [0.1, 0.15) is 23.1 Å². The predicted octanol–water partition coefficient (Wildman–Crippen LogP) is 5.53. The van der Waals surface area contributed by atoms with Crippen molar-refractivity contribution in [3.8, 4) is 0 Å². The van der Waals surface area contributed by atoms with Gasteiger partial charge in [0.15, 0.2) is 0 Å². The Hall–Kier alpha value is -3.48. The van der Waals surface area contributed by atoms with Gasteiger partial charge in [-0.1, -0.05) is 72.8 Å². The van der Waals surface area contributed by atoms with Crippen LogP contribution in [-0.4, -0.2) is 23.7 Å². The summed E-state index contributed by atoms with van der Waals surface area (Å²) in [7, 11) is 0. The van der Waals surface area contributed by atoms with Gasteiger partial charge in [0.25, 0.3) is 5.69 Å². The Morgan fingerprint density at radius 2 is 1.53 bits per heavy atom. The summed E-state index contributed by atoms with van der Waals surface area (Å²) in [6.45, 7) is 1.31. The lowest BCUT2D eigenvalue weighted by atomic mass is 10.1. The number of para-hydroxylation sites is 1. The number of ether oxygens (including phenoxy) is 3. The minimum atomic E-state index is -0.384. The largest absolute Gasteiger partial charge is 0.489 e. The normalized spacial score (nSPS) is 19.1. The zero-order valence-corrected chi connectivity index (χ0v) is 17.6. The standard InChI is InChI=1S/C26H25NO5/c28-27(29)24-14-8-7-13-22(24)15-23-16-25(31-18-21-11-5-2-6-12-21)26(32-23)19-30-17-20-9-3-1-4-10-20/h1-15,25-26H,16-19H2/b23-15+/t25-,26+/m0/s1. The molecule has 0 radical (unpaired) electrons. The van der Waals surface area contributed by atoms with Crippen LogP contribution in [0.3, 0.4) is 0 Å². The molecule has 0 N–H and O–H groups in total. The molecule has 1 aliphatic rings. The van der Waals surface area contributed by atoms with Crippen LogP contribution in [-0.2, 0) is 27.4 Å². The molecule has 6 nitrogen and oxygen atoms in total. The fourth-order valence-corrected chi connectivity index (χ4v) is 3.64. The van der Waals surface area contributed by atoms with E-state index in [9.17, 15) is 10.1 Å². The van der Waals surface area contributed by atoms with Crippen molar-refractivity contribution >= 4 is 11.8 Å². The van der Waals surface area contributed by atoms with Gasteiger partial charge >= 0.3 is 0 Å². The molecule has 0 aliphatic carbocycles. The van der Waals surface area contributed by atoms with Gasteiger partial charge in [-0.05, 0) is 23.3 Å². The third-order valence-electron chi connectivity index (χ3n) is 5.27. The highest BCUT2D eigenvalue weighted by Gasteiger charge is 2.34. The van der Waals surface area contributed by atoms with E-state index in [0.717, 1.165) is 11.1 Å². The number of benzene rings is 3. The Labute approximate surface area is 187 Å². The third kappa shape index (κ3) is 5.81. The first kappa shape index (κ1) is 21.7. The molecular formula is C26H25NO5. The van der Waals surface area contributed by atoms with E-state index >= 15 is 0 Å². The lowest BCUT2D eigenvalue weighted by Crippen LogP contribution is -2.29. The minimum Gasteiger partial charge on any atom is -0.489 e. The Balaban J connectivity index is 1.46. The molecule has 1 aliphatic heterocycles. The maximum absolute atomic E-state index is 11.4. The Morgan fingerprint density at radius 1 is 0.906 bits per heavy atom. The van der Waals surface area contributed by atoms with Crippen molar-refractivity contribution < 1.29 is 19.1 Å². The molecule has 3 aromatic carbocycles. The van der Waals surface area contributed by atoms with Crippen LogP contribution in [0.15, 0.2) is 90.7 Å². The van der Waals surface area contributed by atoms with Crippen LogP contribution < -0.4 is 0 Å². The zero-order chi connectivity index (χ0) is 22.2. The smallest absolute Gasteiger partial charge is 0.276 e. The van der Waals surface area contributed by atoms with Gasteiger partial charge in [-0.2, -0.15) is 0 Å². The second-order valence-corrected chi connectivity index (χ2v) is 7.62. The highest BCUT2D eigenvalue weighted by atomic mass is 16.6. The highest BCUT2D eigenvalue weighted by Crippen LogP contribution is 2.31. The van der Waals surface area contributed by atoms with E-state index in [4.69, 9.17) is 14.2 Å². The first-order valence-electron chi connectivity index (χ1n) is 10.6. The van der Waals surface area contributed by atoms with Crippen LogP contribution in [0.5, 0.6) is 0 Å². The summed E-state index contributed by atoms with van der Waals surface area (Å²) in [5.74, 6) is 0.658. The van der Waals surface area contributed by atoms with Gasteiger partial charge in [-0.15, -0.1) is 0 Å². The molecule has 0 aromatic heterocycles. The van der Waals surface area contributed by atoms with Gasteiger partial charge in [0.05, 0.1) is 30.3 Å². The van der Waals surface area contributed by atoms with Crippen molar-refractivity contribution in [3.05, 3.63) is 117 Å². The fraction of sp³-hybridized carbons (Fsp3) is 0.231. The summed E-state index contributed by atoms with van der Waals surface area (Å²) < 4.78 is 18.2. The zero-order valence-electron chi connectivity index (χ0n) is 17.6. The van der Waals surface area contributed by atoms with Gasteiger partial charge in [0.2, 0.25) is 0 Å². The summed E-state index contributed by atoms with van der Waals surface area (Å²) >= 11 is 0. The van der Waals surface area contributed by atoms with Gasteiger partial charge < -0.3 is 14.2 Å². The number of rotatable bonds is 9. The Kier molecular flexibility index (Phi) is 7.27. The van der Waals surface area contributed by atoms with Gasteiger partial charge in [0, 0.05) is 12.5 Å². The lowest BCUT2D eigenvalue weighted by Gasteiger charge is -2.19. The SMILES string of the molecule is O=[N+]([O-])c1ccccc1/C=C1\C[C@H](OCc2ccccc2)[C@@H](COCc2ccccc2)O1. The lowest BCUT2D eigenvalue weighted by molar-refractivity contribution is -0.385. The van der Waals surface area contributed by atoms with Crippen molar-refractivity contribution in [2.45, 2.75) is 31.8 Å². The monoisotopic (exact) mass is 431 g/mol. The summed E-state index contributed by atoms with van der Waals surface area (Å²) in [5.41, 5.74) is 2.73. The van der Waals surface area contributed by atoms with E-state index in [1.807, 2.05) is 60.7 Å². The first-order chi connectivity index (χ1) is 15.7. The van der Waals surface area contributed by atoms with Crippen molar-refractivity contribution in [1.82, 2.24) is 0 Å². The van der Waals surface area contributed by atoms with Gasteiger partial charge in [-0.3, -0.25) is 10.1 Å². The quantitative estimate of drug-likeness (QED) is 0.329. The molecule has 0 amide bonds. The molecule has 0 spiro atoms. The van der Waals surface area contributed by atoms with Crippen LogP contribution in [0.4, 0.5) is 5.69 Å². The molecule has 1 heterocycles. The molecule has 164 valence electrons. The van der Waals surface area contributed by atoms with E-state index in [1.54, 1.807) is 24.3 Å². The van der Waals surface area contributed by atoms with Gasteiger partial charge in [-0.25, -0.2) is 0 Å². The van der Waals surface area contributed by atoms with Crippen LogP contribution in [0.2, 0.25) is 0 Å². The van der Waals surface area contributed by atoms with E-state index in [-0.39, 0.29) is 22.8 Å². The topological polar surface area (TPSA) is 70.8 Å². The second-order valence-electron chi connectivity index (χ2n) is 7.62. The maximum Gasteiger partial charge on any atom is 0.276 e. The number of hydrogen-bond donors (Lipinski definition) is 0. The van der Waals surface area contributed by atoms with Crippen LogP contribution in [0.25, 0.3) is 6.08 Å². The van der Waals surface area contributed by atoms with Crippen molar-refractivity contribution in [1.29, 1.82) is 0 Å². The number of nitrogens with zero attached hydrogens (tertiary/aromatic N) is 1. The Morgan fingerprint density at radius 3 is 2.22 bits per heavy atom. The molecule has 6 heteroatoms. The highest BCUT2D eigenvalue weighted by molar-refractivity contribution is 5.62.